The molecule has 32 heavy (non-hydrogen) atoms. The Morgan fingerprint density at radius 3 is 1.91 bits per heavy atom. The van der Waals surface area contributed by atoms with Crippen molar-refractivity contribution in [2.45, 2.75) is 94.7 Å². The minimum Gasteiger partial charge on any atom is -0.388 e. The van der Waals surface area contributed by atoms with Gasteiger partial charge in [-0.1, -0.05) is 38.1 Å². The highest BCUT2D eigenvalue weighted by molar-refractivity contribution is 5.24. The van der Waals surface area contributed by atoms with Crippen LogP contribution in [0.5, 0.6) is 0 Å². The van der Waals surface area contributed by atoms with E-state index in [1.165, 1.54) is 12.5 Å². The predicted molar refractivity (Wildman–Crippen MR) is 110 cm³/mol. The molecule has 0 aromatic heterocycles. The number of hydrogen-bond donors (Lipinski definition) is 6. The number of hydrogen-bond acceptors (Lipinski definition) is 10. The van der Waals surface area contributed by atoms with Gasteiger partial charge in [0.2, 0.25) is 0 Å². The highest BCUT2D eigenvalue weighted by Crippen LogP contribution is 2.26. The lowest BCUT2D eigenvalue weighted by molar-refractivity contribution is -0.329. The number of rotatable bonds is 7. The first kappa shape index (κ1) is 25.4. The topological polar surface area (TPSA) is 158 Å². The Balaban J connectivity index is 1.57. The summed E-state index contributed by atoms with van der Waals surface area (Å²) in [5.74, 6) is 0.393. The van der Waals surface area contributed by atoms with Crippen molar-refractivity contribution in [2.75, 3.05) is 6.61 Å². The van der Waals surface area contributed by atoms with Gasteiger partial charge >= 0.3 is 0 Å². The Morgan fingerprint density at radius 2 is 1.31 bits per heavy atom. The molecule has 3 rings (SSSR count). The minimum absolute atomic E-state index is 0.114. The largest absolute Gasteiger partial charge is 0.388 e. The van der Waals surface area contributed by atoms with Crippen molar-refractivity contribution in [1.29, 1.82) is 0 Å². The lowest BCUT2D eigenvalue weighted by Crippen LogP contribution is -2.61. The smallest absolute Gasteiger partial charge is 0.187 e. The van der Waals surface area contributed by atoms with Crippen molar-refractivity contribution in [3.8, 4) is 0 Å². The molecular weight excluding hydrogens is 424 g/mol. The van der Waals surface area contributed by atoms with Crippen LogP contribution in [-0.2, 0) is 25.6 Å². The molecule has 0 unspecified atom stereocenters. The molecule has 2 saturated heterocycles. The molecule has 10 heteroatoms. The van der Waals surface area contributed by atoms with E-state index in [1.807, 2.05) is 24.3 Å². The van der Waals surface area contributed by atoms with Crippen LogP contribution in [0, 0.1) is 0 Å². The van der Waals surface area contributed by atoms with E-state index >= 15 is 0 Å². The molecule has 0 aliphatic carbocycles. The van der Waals surface area contributed by atoms with E-state index in [0.717, 1.165) is 5.56 Å². The van der Waals surface area contributed by atoms with Crippen LogP contribution < -0.4 is 0 Å². The first-order valence-electron chi connectivity index (χ1n) is 10.8. The Labute approximate surface area is 186 Å². The molecule has 0 amide bonds. The van der Waals surface area contributed by atoms with Crippen LogP contribution in [0.1, 0.15) is 37.8 Å². The molecule has 1 aromatic carbocycles. The third-order valence-electron chi connectivity index (χ3n) is 5.96. The summed E-state index contributed by atoms with van der Waals surface area (Å²) in [6, 6.07) is 7.77. The van der Waals surface area contributed by atoms with E-state index in [-0.39, 0.29) is 13.2 Å². The zero-order valence-corrected chi connectivity index (χ0v) is 18.4. The second-order valence-electron chi connectivity index (χ2n) is 8.74. The molecule has 1 aromatic rings. The average Bonchev–Trinajstić information content (AvgIpc) is 2.78. The average molecular weight is 459 g/mol. The van der Waals surface area contributed by atoms with Crippen LogP contribution in [0.2, 0.25) is 0 Å². The van der Waals surface area contributed by atoms with Gasteiger partial charge in [0.1, 0.15) is 42.7 Å². The maximum atomic E-state index is 10.3. The third-order valence-corrected chi connectivity index (χ3v) is 5.96. The molecule has 0 bridgehead atoms. The van der Waals surface area contributed by atoms with Crippen LogP contribution in [0.25, 0.3) is 0 Å². The fraction of sp³-hybridized carbons (Fsp3) is 0.727. The van der Waals surface area contributed by atoms with Crippen molar-refractivity contribution in [2.24, 2.45) is 0 Å². The molecule has 2 aliphatic rings. The van der Waals surface area contributed by atoms with Gasteiger partial charge in [0.15, 0.2) is 12.6 Å². The molecule has 2 aliphatic heterocycles. The molecule has 0 spiro atoms. The molecule has 6 N–H and O–H groups in total. The number of ether oxygens (including phenoxy) is 4. The van der Waals surface area contributed by atoms with Gasteiger partial charge in [0.05, 0.1) is 19.3 Å². The Kier molecular flexibility index (Phi) is 8.61. The number of aliphatic hydroxyl groups excluding tert-OH is 6. The quantitative estimate of drug-likeness (QED) is 0.299. The summed E-state index contributed by atoms with van der Waals surface area (Å²) < 4.78 is 22.0. The zero-order chi connectivity index (χ0) is 23.6. The van der Waals surface area contributed by atoms with Gasteiger partial charge in [-0.2, -0.15) is 0 Å². The van der Waals surface area contributed by atoms with Crippen LogP contribution in [-0.4, -0.2) is 98.7 Å². The van der Waals surface area contributed by atoms with Crippen molar-refractivity contribution >= 4 is 0 Å². The molecule has 2 fully saturated rings. The monoisotopic (exact) mass is 458 g/mol. The number of aliphatic hydroxyl groups is 6. The molecule has 10 nitrogen and oxygen atoms in total. The Morgan fingerprint density at radius 1 is 0.750 bits per heavy atom. The molecule has 2 heterocycles. The molecule has 0 radical (unpaired) electrons. The van der Waals surface area contributed by atoms with Crippen LogP contribution >= 0.6 is 0 Å². The van der Waals surface area contributed by atoms with Gasteiger partial charge in [0, 0.05) is 0 Å². The third kappa shape index (κ3) is 5.65. The van der Waals surface area contributed by atoms with E-state index in [2.05, 4.69) is 13.8 Å². The van der Waals surface area contributed by atoms with Crippen LogP contribution in [0.15, 0.2) is 24.3 Å². The SMILES string of the molecule is CC(C)c1ccc(CO[C@@H]2O[C@H](CO[C@@H]3O[C@@H](C)[C@H](O)[C@@H](O)[C@H]3O)[C@@H](O)[C@H](O)[C@H]2O)cc1. The van der Waals surface area contributed by atoms with Crippen molar-refractivity contribution in [3.63, 3.8) is 0 Å². The Hall–Kier alpha value is -1.18. The fourth-order valence-electron chi connectivity index (χ4n) is 3.71. The lowest BCUT2D eigenvalue weighted by Gasteiger charge is -2.42. The summed E-state index contributed by atoms with van der Waals surface area (Å²) in [6.45, 7) is 5.48. The fourth-order valence-corrected chi connectivity index (χ4v) is 3.71. The molecular formula is C22H34O10. The van der Waals surface area contributed by atoms with E-state index in [9.17, 15) is 30.6 Å². The standard InChI is InChI=1S/C22H34O10/c1-10(2)13-6-4-12(5-7-13)8-29-22-20(28)18(26)16(24)14(32-22)9-30-21-19(27)17(25)15(23)11(3)31-21/h4-7,10-11,14-28H,8-9H2,1-3H3/t11-,14+,15-,16+,17+,18-,19+,20+,21+,22+/m0/s1. The van der Waals surface area contributed by atoms with Gasteiger partial charge in [-0.15, -0.1) is 0 Å². The summed E-state index contributed by atoms with van der Waals surface area (Å²) in [7, 11) is 0. The summed E-state index contributed by atoms with van der Waals surface area (Å²) in [5, 5.41) is 60.4. The first-order chi connectivity index (χ1) is 15.1. The minimum atomic E-state index is -1.55. The zero-order valence-electron chi connectivity index (χ0n) is 18.4. The van der Waals surface area contributed by atoms with Crippen molar-refractivity contribution < 1.29 is 49.6 Å². The molecule has 0 saturated carbocycles. The van der Waals surface area contributed by atoms with E-state index in [1.54, 1.807) is 0 Å². The van der Waals surface area contributed by atoms with E-state index in [4.69, 9.17) is 18.9 Å². The lowest BCUT2D eigenvalue weighted by atomic mass is 9.98. The molecule has 10 atom stereocenters. The van der Waals surface area contributed by atoms with Crippen molar-refractivity contribution in [3.05, 3.63) is 35.4 Å². The van der Waals surface area contributed by atoms with Gasteiger partial charge < -0.3 is 49.6 Å². The van der Waals surface area contributed by atoms with Gasteiger partial charge in [-0.3, -0.25) is 0 Å². The van der Waals surface area contributed by atoms with Gasteiger partial charge in [0.25, 0.3) is 0 Å². The first-order valence-corrected chi connectivity index (χ1v) is 10.8. The van der Waals surface area contributed by atoms with Gasteiger partial charge in [-0.05, 0) is 24.0 Å². The maximum absolute atomic E-state index is 10.3. The second-order valence-corrected chi connectivity index (χ2v) is 8.74. The summed E-state index contributed by atoms with van der Waals surface area (Å²) in [6.07, 6.45) is -13.2. The van der Waals surface area contributed by atoms with E-state index in [0.29, 0.717) is 5.92 Å². The molecule has 182 valence electrons. The summed E-state index contributed by atoms with van der Waals surface area (Å²) >= 11 is 0. The summed E-state index contributed by atoms with van der Waals surface area (Å²) in [5.41, 5.74) is 2.02. The highest BCUT2D eigenvalue weighted by Gasteiger charge is 2.46. The predicted octanol–water partition coefficient (Wildman–Crippen LogP) is -1.02. The Bertz CT molecular complexity index is 713. The van der Waals surface area contributed by atoms with Gasteiger partial charge in [-0.25, -0.2) is 0 Å². The highest BCUT2D eigenvalue weighted by atomic mass is 16.7. The van der Waals surface area contributed by atoms with E-state index < -0.39 is 61.4 Å². The van der Waals surface area contributed by atoms with Crippen LogP contribution in [0.4, 0.5) is 0 Å². The second kappa shape index (κ2) is 10.8. The summed E-state index contributed by atoms with van der Waals surface area (Å²) in [4.78, 5) is 0. The van der Waals surface area contributed by atoms with Crippen molar-refractivity contribution in [1.82, 2.24) is 0 Å². The van der Waals surface area contributed by atoms with Crippen LogP contribution in [0.3, 0.4) is 0 Å². The number of benzene rings is 1. The normalized spacial score (nSPS) is 40.6. The maximum Gasteiger partial charge on any atom is 0.187 e.